The van der Waals surface area contributed by atoms with Crippen LogP contribution in [-0.4, -0.2) is 18.1 Å². The minimum absolute atomic E-state index is 0.203. The number of nitrogen functional groups attached to an aromatic ring is 1. The van der Waals surface area contributed by atoms with Gasteiger partial charge >= 0.3 is 0 Å². The van der Waals surface area contributed by atoms with Crippen molar-refractivity contribution in [2.24, 2.45) is 5.84 Å². The maximum absolute atomic E-state index is 13.7. The zero-order valence-electron chi connectivity index (χ0n) is 16.5. The van der Waals surface area contributed by atoms with E-state index in [4.69, 9.17) is 5.84 Å². The van der Waals surface area contributed by atoms with Crippen molar-refractivity contribution >= 4 is 37.8 Å². The Balaban J connectivity index is 2.08. The summed E-state index contributed by atoms with van der Waals surface area (Å²) in [6.45, 7) is 8.94. The van der Waals surface area contributed by atoms with E-state index in [-0.39, 0.29) is 4.90 Å². The number of halogens is 1. The van der Waals surface area contributed by atoms with Crippen LogP contribution in [0.1, 0.15) is 26.3 Å². The van der Waals surface area contributed by atoms with Crippen LogP contribution < -0.4 is 16.6 Å². The molecule has 3 aromatic rings. The van der Waals surface area contributed by atoms with Gasteiger partial charge in [-0.1, -0.05) is 6.58 Å². The molecule has 0 unspecified atom stereocenters. The van der Waals surface area contributed by atoms with E-state index in [0.29, 0.717) is 33.5 Å². The van der Waals surface area contributed by atoms with E-state index in [1.165, 1.54) is 18.2 Å². The molecule has 2 aromatic carbocycles. The summed E-state index contributed by atoms with van der Waals surface area (Å²) in [6, 6.07) is 10.6. The average molecular weight is 415 g/mol. The van der Waals surface area contributed by atoms with E-state index in [0.717, 1.165) is 0 Å². The standard InChI is InChI=1S/C21H23FN4O2S/c1-13(16-11-14(22)5-7-20(16)26-23)25-19-9-10-24-18-8-6-15(12-17(18)19)29(27,28)21(2,3)4/h5-12,26H,1,23H2,2-4H3,(H,24,25). The molecule has 0 amide bonds. The van der Waals surface area contributed by atoms with E-state index in [1.54, 1.807) is 51.2 Å². The van der Waals surface area contributed by atoms with Crippen molar-refractivity contribution in [3.05, 3.63) is 66.6 Å². The summed E-state index contributed by atoms with van der Waals surface area (Å²) in [5, 5.41) is 3.74. The number of nitrogens with zero attached hydrogens (tertiary/aromatic N) is 1. The lowest BCUT2D eigenvalue weighted by Crippen LogP contribution is -2.27. The number of benzene rings is 2. The molecule has 3 rings (SSSR count). The van der Waals surface area contributed by atoms with Crippen LogP contribution in [-0.2, 0) is 9.84 Å². The summed E-state index contributed by atoms with van der Waals surface area (Å²) in [5.41, 5.74) is 5.08. The molecular formula is C21H23FN4O2S. The van der Waals surface area contributed by atoms with E-state index >= 15 is 0 Å². The number of pyridine rings is 1. The molecule has 0 bridgehead atoms. The number of anilines is 2. The van der Waals surface area contributed by atoms with Gasteiger partial charge in [0.1, 0.15) is 5.82 Å². The number of sulfone groups is 1. The third kappa shape index (κ3) is 3.94. The molecule has 1 heterocycles. The molecule has 6 nitrogen and oxygen atoms in total. The van der Waals surface area contributed by atoms with Crippen LogP contribution in [0, 0.1) is 5.82 Å². The lowest BCUT2D eigenvalue weighted by Gasteiger charge is -2.20. The van der Waals surface area contributed by atoms with Crippen LogP contribution in [0.5, 0.6) is 0 Å². The van der Waals surface area contributed by atoms with Crippen molar-refractivity contribution in [2.75, 3.05) is 10.7 Å². The monoisotopic (exact) mass is 414 g/mol. The van der Waals surface area contributed by atoms with Gasteiger partial charge in [0.15, 0.2) is 9.84 Å². The summed E-state index contributed by atoms with van der Waals surface area (Å²) in [5.74, 6) is 5.08. The second kappa shape index (κ2) is 7.46. The maximum Gasteiger partial charge on any atom is 0.183 e. The predicted octanol–water partition coefficient (Wildman–Crippen LogP) is 4.31. The summed E-state index contributed by atoms with van der Waals surface area (Å²) < 4.78 is 38.5. The van der Waals surface area contributed by atoms with Crippen LogP contribution >= 0.6 is 0 Å². The first kappa shape index (κ1) is 20.8. The number of hydrazine groups is 1. The van der Waals surface area contributed by atoms with Gasteiger partial charge in [0.2, 0.25) is 0 Å². The molecule has 29 heavy (non-hydrogen) atoms. The number of nitrogens with one attached hydrogen (secondary N) is 2. The summed E-state index contributed by atoms with van der Waals surface area (Å²) >= 11 is 0. The lowest BCUT2D eigenvalue weighted by molar-refractivity contribution is 0.560. The van der Waals surface area contributed by atoms with Crippen LogP contribution in [0.25, 0.3) is 16.6 Å². The van der Waals surface area contributed by atoms with Crippen LogP contribution in [0.4, 0.5) is 15.8 Å². The molecule has 4 N–H and O–H groups in total. The van der Waals surface area contributed by atoms with Gasteiger partial charge in [-0.15, -0.1) is 0 Å². The first-order valence-electron chi connectivity index (χ1n) is 8.90. The lowest BCUT2D eigenvalue weighted by atomic mass is 10.1. The summed E-state index contributed by atoms with van der Waals surface area (Å²) in [4.78, 5) is 4.50. The molecule has 0 radical (unpaired) electrons. The second-order valence-corrected chi connectivity index (χ2v) is 10.3. The van der Waals surface area contributed by atoms with Crippen LogP contribution in [0.15, 0.2) is 60.1 Å². The molecule has 8 heteroatoms. The van der Waals surface area contributed by atoms with Gasteiger partial charge in [-0.05, 0) is 63.2 Å². The molecule has 0 spiro atoms. The summed E-state index contributed by atoms with van der Waals surface area (Å²) in [7, 11) is -3.54. The molecule has 0 aliphatic rings. The number of hydrogen-bond acceptors (Lipinski definition) is 6. The highest BCUT2D eigenvalue weighted by molar-refractivity contribution is 7.92. The number of rotatable bonds is 5. The summed E-state index contributed by atoms with van der Waals surface area (Å²) in [6.07, 6.45) is 1.60. The van der Waals surface area contributed by atoms with Crippen LogP contribution in [0.3, 0.4) is 0 Å². The number of nitrogens with two attached hydrogens (primary N) is 1. The van der Waals surface area contributed by atoms with Gasteiger partial charge in [0.05, 0.1) is 20.8 Å². The molecule has 0 aliphatic heterocycles. The van der Waals surface area contributed by atoms with Gasteiger partial charge in [0.25, 0.3) is 0 Å². The molecule has 1 aromatic heterocycles. The Bertz CT molecular complexity index is 1200. The zero-order chi connectivity index (χ0) is 21.4. The quantitative estimate of drug-likeness (QED) is 0.425. The Labute approximate surface area is 169 Å². The number of fused-ring (bicyclic) bond motifs is 1. The van der Waals surface area contributed by atoms with Crippen LogP contribution in [0.2, 0.25) is 0 Å². The van der Waals surface area contributed by atoms with E-state index < -0.39 is 20.4 Å². The number of hydrogen-bond donors (Lipinski definition) is 3. The third-order valence-corrected chi connectivity index (χ3v) is 7.06. The second-order valence-electron chi connectivity index (χ2n) is 7.59. The van der Waals surface area contributed by atoms with Crippen molar-refractivity contribution in [1.29, 1.82) is 0 Å². The van der Waals surface area contributed by atoms with Crippen molar-refractivity contribution in [3.63, 3.8) is 0 Å². The highest BCUT2D eigenvalue weighted by Crippen LogP contribution is 2.32. The average Bonchev–Trinajstić information content (AvgIpc) is 2.67. The highest BCUT2D eigenvalue weighted by atomic mass is 32.2. The van der Waals surface area contributed by atoms with Gasteiger partial charge < -0.3 is 10.7 Å². The van der Waals surface area contributed by atoms with E-state index in [2.05, 4.69) is 22.3 Å². The Morgan fingerprint density at radius 3 is 2.48 bits per heavy atom. The highest BCUT2D eigenvalue weighted by Gasteiger charge is 2.31. The molecular weight excluding hydrogens is 391 g/mol. The van der Waals surface area contributed by atoms with E-state index in [9.17, 15) is 12.8 Å². The van der Waals surface area contributed by atoms with E-state index in [1.807, 2.05) is 0 Å². The van der Waals surface area contributed by atoms with Gasteiger partial charge in [-0.3, -0.25) is 10.8 Å². The minimum atomic E-state index is -3.54. The smallest absolute Gasteiger partial charge is 0.183 e. The molecule has 0 saturated heterocycles. The van der Waals surface area contributed by atoms with Gasteiger partial charge in [0, 0.05) is 28.5 Å². The molecule has 152 valence electrons. The van der Waals surface area contributed by atoms with Crippen molar-refractivity contribution in [3.8, 4) is 0 Å². The molecule has 0 saturated carbocycles. The largest absolute Gasteiger partial charge is 0.355 e. The molecule has 0 fully saturated rings. The van der Waals surface area contributed by atoms with Gasteiger partial charge in [-0.25, -0.2) is 12.8 Å². The fourth-order valence-corrected chi connectivity index (χ4v) is 4.10. The zero-order valence-corrected chi connectivity index (χ0v) is 17.3. The van der Waals surface area contributed by atoms with Crippen molar-refractivity contribution in [1.82, 2.24) is 4.98 Å². The normalized spacial score (nSPS) is 12.0. The number of aromatic nitrogens is 1. The van der Waals surface area contributed by atoms with Crippen molar-refractivity contribution < 1.29 is 12.8 Å². The Hall–Kier alpha value is -2.97. The first-order chi connectivity index (χ1) is 13.5. The SMILES string of the molecule is C=C(Nc1ccnc2ccc(S(=O)(=O)C(C)(C)C)cc12)c1cc(F)ccc1NN. The third-order valence-electron chi connectivity index (χ3n) is 4.58. The minimum Gasteiger partial charge on any atom is -0.355 e. The molecule has 0 atom stereocenters. The molecule has 0 aliphatic carbocycles. The van der Waals surface area contributed by atoms with Crippen molar-refractivity contribution in [2.45, 2.75) is 30.4 Å². The fourth-order valence-electron chi connectivity index (χ4n) is 2.88. The topological polar surface area (TPSA) is 97.1 Å². The fraction of sp³-hybridized carbons (Fsp3) is 0.190. The maximum atomic E-state index is 13.7. The van der Waals surface area contributed by atoms with Gasteiger partial charge in [-0.2, -0.15) is 0 Å². The first-order valence-corrected chi connectivity index (χ1v) is 10.4. The Kier molecular flexibility index (Phi) is 5.34. The Morgan fingerprint density at radius 1 is 1.10 bits per heavy atom. The predicted molar refractivity (Wildman–Crippen MR) is 116 cm³/mol. The Morgan fingerprint density at radius 2 is 1.83 bits per heavy atom.